The number of ether oxygens (including phenoxy) is 1. The normalized spacial score (nSPS) is 20.1. The summed E-state index contributed by atoms with van der Waals surface area (Å²) in [7, 11) is 0. The Balaban J connectivity index is 2.33. The predicted molar refractivity (Wildman–Crippen MR) is 56.0 cm³/mol. The van der Waals surface area contributed by atoms with Gasteiger partial charge in [-0.05, 0) is 12.1 Å². The minimum Gasteiger partial charge on any atom is -0.446 e. The van der Waals surface area contributed by atoms with Gasteiger partial charge >= 0.3 is 6.09 Å². The molecule has 0 radical (unpaired) electrons. The van der Waals surface area contributed by atoms with Crippen molar-refractivity contribution in [3.8, 4) is 0 Å². The van der Waals surface area contributed by atoms with E-state index in [0.717, 1.165) is 0 Å². The molecule has 5 nitrogen and oxygen atoms in total. The lowest BCUT2D eigenvalue weighted by molar-refractivity contribution is 0.180. The summed E-state index contributed by atoms with van der Waals surface area (Å²) in [5, 5.41) is 7.37. The molecule has 1 aliphatic rings. The molecule has 0 aliphatic carbocycles. The van der Waals surface area contributed by atoms with Gasteiger partial charge in [0, 0.05) is 5.69 Å². The molecule has 1 amide bonds. The molecule has 3 N–H and O–H groups in total. The van der Waals surface area contributed by atoms with Crippen LogP contribution < -0.4 is 10.6 Å². The Hall–Kier alpha value is -2.04. The van der Waals surface area contributed by atoms with E-state index in [9.17, 15) is 4.79 Å². The fourth-order valence-electron chi connectivity index (χ4n) is 1.52. The van der Waals surface area contributed by atoms with E-state index < -0.39 is 12.1 Å². The number of nitrogens with one attached hydrogen (secondary N) is 1. The minimum absolute atomic E-state index is 0.0651. The average molecular weight is 205 g/mol. The minimum atomic E-state index is -0.486. The predicted octanol–water partition coefficient (Wildman–Crippen LogP) is 0.948. The fourth-order valence-corrected chi connectivity index (χ4v) is 1.52. The van der Waals surface area contributed by atoms with E-state index in [2.05, 4.69) is 0 Å². The van der Waals surface area contributed by atoms with Gasteiger partial charge in [0.15, 0.2) is 0 Å². The number of cyclic esters (lactones) is 1. The quantitative estimate of drug-likeness (QED) is 0.557. The number of carbonyl (C=O) groups is 1. The van der Waals surface area contributed by atoms with Gasteiger partial charge in [-0.1, -0.05) is 18.2 Å². The number of hydrogen-bond donors (Lipinski definition) is 2. The summed E-state index contributed by atoms with van der Waals surface area (Å²) >= 11 is 0. The van der Waals surface area contributed by atoms with Crippen LogP contribution in [-0.4, -0.2) is 24.6 Å². The molecule has 2 rings (SSSR count). The second-order valence-corrected chi connectivity index (χ2v) is 3.25. The molecule has 5 heteroatoms. The molecule has 1 aliphatic heterocycles. The average Bonchev–Trinajstić information content (AvgIpc) is 2.61. The highest BCUT2D eigenvalue weighted by atomic mass is 16.6. The van der Waals surface area contributed by atoms with Gasteiger partial charge in [-0.2, -0.15) is 0 Å². The first kappa shape index (κ1) is 9.51. The van der Waals surface area contributed by atoms with Gasteiger partial charge in [-0.3, -0.25) is 10.3 Å². The van der Waals surface area contributed by atoms with Crippen molar-refractivity contribution in [2.24, 2.45) is 5.73 Å². The van der Waals surface area contributed by atoms with Crippen LogP contribution in [0.4, 0.5) is 10.5 Å². The Morgan fingerprint density at radius 2 is 2.13 bits per heavy atom. The Morgan fingerprint density at radius 3 is 2.73 bits per heavy atom. The molecule has 0 aromatic heterocycles. The summed E-state index contributed by atoms with van der Waals surface area (Å²) in [6, 6.07) is 8.56. The number of amidine groups is 1. The summed E-state index contributed by atoms with van der Waals surface area (Å²) in [5.41, 5.74) is 6.09. The van der Waals surface area contributed by atoms with E-state index in [1.165, 1.54) is 4.90 Å². The van der Waals surface area contributed by atoms with Gasteiger partial charge in [0.05, 0.1) is 0 Å². The lowest BCUT2D eigenvalue weighted by atomic mass is 10.2. The molecule has 0 spiro atoms. The zero-order chi connectivity index (χ0) is 10.8. The number of nitrogens with zero attached hydrogens (tertiary/aromatic N) is 1. The van der Waals surface area contributed by atoms with Crippen LogP contribution in [0.15, 0.2) is 30.3 Å². The van der Waals surface area contributed by atoms with Gasteiger partial charge < -0.3 is 10.5 Å². The largest absolute Gasteiger partial charge is 0.446 e. The van der Waals surface area contributed by atoms with Crippen LogP contribution in [0.2, 0.25) is 0 Å². The molecule has 1 aromatic carbocycles. The van der Waals surface area contributed by atoms with E-state index in [0.29, 0.717) is 5.69 Å². The third kappa shape index (κ3) is 1.63. The highest BCUT2D eigenvalue weighted by Gasteiger charge is 2.35. The lowest BCUT2D eigenvalue weighted by Gasteiger charge is -2.19. The number of amides is 1. The third-order valence-electron chi connectivity index (χ3n) is 2.27. The van der Waals surface area contributed by atoms with Crippen molar-refractivity contribution in [3.63, 3.8) is 0 Å². The maximum Gasteiger partial charge on any atom is 0.415 e. The molecule has 1 saturated heterocycles. The first-order chi connectivity index (χ1) is 7.20. The van der Waals surface area contributed by atoms with E-state index >= 15 is 0 Å². The molecule has 1 aromatic rings. The molecule has 78 valence electrons. The van der Waals surface area contributed by atoms with Crippen LogP contribution in [0.5, 0.6) is 0 Å². The van der Waals surface area contributed by atoms with Gasteiger partial charge in [-0.25, -0.2) is 4.79 Å². The first-order valence-electron chi connectivity index (χ1n) is 4.55. The Kier molecular flexibility index (Phi) is 2.29. The number of carbonyl (C=O) groups excluding carboxylic acids is 1. The third-order valence-corrected chi connectivity index (χ3v) is 2.27. The van der Waals surface area contributed by atoms with Crippen molar-refractivity contribution >= 4 is 17.6 Å². The maximum absolute atomic E-state index is 11.4. The SMILES string of the molecule is N=C(N)C1COC(=O)N1c1ccccc1. The molecule has 1 atom stereocenters. The summed E-state index contributed by atoms with van der Waals surface area (Å²) in [6.07, 6.45) is -0.457. The zero-order valence-corrected chi connectivity index (χ0v) is 8.01. The van der Waals surface area contributed by atoms with Crippen molar-refractivity contribution in [1.29, 1.82) is 5.41 Å². The monoisotopic (exact) mass is 205 g/mol. The molecule has 1 heterocycles. The molecule has 1 unspecified atom stereocenters. The molecule has 0 saturated carbocycles. The van der Waals surface area contributed by atoms with Crippen molar-refractivity contribution in [2.75, 3.05) is 11.5 Å². The van der Waals surface area contributed by atoms with Crippen molar-refractivity contribution in [1.82, 2.24) is 0 Å². The van der Waals surface area contributed by atoms with Gasteiger partial charge in [0.25, 0.3) is 0 Å². The van der Waals surface area contributed by atoms with E-state index in [1.54, 1.807) is 12.1 Å². The Labute approximate surface area is 86.9 Å². The molecule has 1 fully saturated rings. The number of nitrogens with two attached hydrogens (primary N) is 1. The Bertz CT molecular complexity index is 391. The number of anilines is 1. The molecular weight excluding hydrogens is 194 g/mol. The van der Waals surface area contributed by atoms with Crippen LogP contribution in [-0.2, 0) is 4.74 Å². The van der Waals surface area contributed by atoms with Crippen LogP contribution in [0, 0.1) is 5.41 Å². The highest BCUT2D eigenvalue weighted by molar-refractivity contribution is 6.00. The molecule has 0 bridgehead atoms. The van der Waals surface area contributed by atoms with Gasteiger partial charge in [0.2, 0.25) is 0 Å². The zero-order valence-electron chi connectivity index (χ0n) is 8.01. The summed E-state index contributed by atoms with van der Waals surface area (Å²) in [4.78, 5) is 12.8. The number of benzene rings is 1. The molecule has 15 heavy (non-hydrogen) atoms. The first-order valence-corrected chi connectivity index (χ1v) is 4.55. The standard InChI is InChI=1S/C10H11N3O2/c11-9(12)8-6-15-10(14)13(8)7-4-2-1-3-5-7/h1-5,8H,6H2,(H3,11,12). The van der Waals surface area contributed by atoms with E-state index in [-0.39, 0.29) is 12.4 Å². The highest BCUT2D eigenvalue weighted by Crippen LogP contribution is 2.22. The number of hydrogen-bond acceptors (Lipinski definition) is 3. The summed E-state index contributed by atoms with van der Waals surface area (Å²) in [6.45, 7) is 0.142. The number of rotatable bonds is 2. The maximum atomic E-state index is 11.4. The summed E-state index contributed by atoms with van der Waals surface area (Å²) in [5.74, 6) is -0.0651. The second-order valence-electron chi connectivity index (χ2n) is 3.25. The van der Waals surface area contributed by atoms with Crippen LogP contribution in [0.3, 0.4) is 0 Å². The topological polar surface area (TPSA) is 79.4 Å². The second kappa shape index (κ2) is 3.61. The number of para-hydroxylation sites is 1. The fraction of sp³-hybridized carbons (Fsp3) is 0.200. The van der Waals surface area contributed by atoms with Crippen molar-refractivity contribution < 1.29 is 9.53 Å². The van der Waals surface area contributed by atoms with Crippen LogP contribution >= 0.6 is 0 Å². The Morgan fingerprint density at radius 1 is 1.47 bits per heavy atom. The molecular formula is C10H11N3O2. The van der Waals surface area contributed by atoms with Crippen LogP contribution in [0.1, 0.15) is 0 Å². The van der Waals surface area contributed by atoms with Gasteiger partial charge in [-0.15, -0.1) is 0 Å². The van der Waals surface area contributed by atoms with Crippen molar-refractivity contribution in [3.05, 3.63) is 30.3 Å². The lowest BCUT2D eigenvalue weighted by Crippen LogP contribution is -2.42. The summed E-state index contributed by atoms with van der Waals surface area (Å²) < 4.78 is 4.86. The van der Waals surface area contributed by atoms with Crippen molar-refractivity contribution in [2.45, 2.75) is 6.04 Å². The van der Waals surface area contributed by atoms with E-state index in [4.69, 9.17) is 15.9 Å². The smallest absolute Gasteiger partial charge is 0.415 e. The van der Waals surface area contributed by atoms with Gasteiger partial charge in [0.1, 0.15) is 18.5 Å². The van der Waals surface area contributed by atoms with Crippen LogP contribution in [0.25, 0.3) is 0 Å². The van der Waals surface area contributed by atoms with E-state index in [1.807, 2.05) is 18.2 Å².